The third-order valence-electron chi connectivity index (χ3n) is 9.35. The lowest BCUT2D eigenvalue weighted by Gasteiger charge is -2.14. The molecule has 0 spiro atoms. The Morgan fingerprint density at radius 2 is 0.833 bits per heavy atom. The van der Waals surface area contributed by atoms with Crippen molar-refractivity contribution in [2.24, 2.45) is 0 Å². The summed E-state index contributed by atoms with van der Waals surface area (Å²) in [6.07, 6.45) is 0. The number of fused-ring (bicyclic) bond motifs is 9. The van der Waals surface area contributed by atoms with Crippen molar-refractivity contribution < 1.29 is 0 Å². The van der Waals surface area contributed by atoms with Gasteiger partial charge in [0.1, 0.15) is 0 Å². The highest BCUT2D eigenvalue weighted by Gasteiger charge is 2.24. The molecular weight excluding hydrogens is 587 g/mol. The highest BCUT2D eigenvalue weighted by atomic mass is 15.2. The van der Waals surface area contributed by atoms with E-state index in [9.17, 15) is 0 Å². The van der Waals surface area contributed by atoms with Crippen LogP contribution in [0.25, 0.3) is 88.8 Å². The lowest BCUT2D eigenvalue weighted by molar-refractivity contribution is 0.955. The second-order valence-electron chi connectivity index (χ2n) is 12.1. The molecule has 0 bridgehead atoms. The van der Waals surface area contributed by atoms with Crippen LogP contribution in [0.5, 0.6) is 0 Å². The number of aromatic nitrogens is 5. The average molecular weight is 614 g/mol. The molecule has 0 radical (unpaired) electrons. The van der Waals surface area contributed by atoms with Crippen LogP contribution in [0, 0.1) is 0 Å². The van der Waals surface area contributed by atoms with Crippen LogP contribution < -0.4 is 0 Å². The Morgan fingerprint density at radius 1 is 0.333 bits per heavy atom. The van der Waals surface area contributed by atoms with Gasteiger partial charge in [-0.15, -0.1) is 0 Å². The van der Waals surface area contributed by atoms with Crippen LogP contribution in [0.3, 0.4) is 0 Å². The molecule has 3 heterocycles. The van der Waals surface area contributed by atoms with Gasteiger partial charge in [-0.3, -0.25) is 4.57 Å². The van der Waals surface area contributed by atoms with E-state index in [1.807, 2.05) is 36.4 Å². The van der Waals surface area contributed by atoms with Crippen LogP contribution in [0.1, 0.15) is 0 Å². The van der Waals surface area contributed by atoms with Crippen LogP contribution in [0.15, 0.2) is 164 Å². The highest BCUT2D eigenvalue weighted by molar-refractivity contribution is 6.26. The van der Waals surface area contributed by atoms with Crippen LogP contribution in [-0.4, -0.2) is 24.1 Å². The first-order valence-electron chi connectivity index (χ1n) is 16.1. The van der Waals surface area contributed by atoms with E-state index in [0.717, 1.165) is 60.4 Å². The molecule has 0 aliphatic heterocycles. The maximum Gasteiger partial charge on any atom is 0.238 e. The first-order valence-corrected chi connectivity index (χ1v) is 16.1. The molecule has 0 amide bonds. The first-order chi connectivity index (χ1) is 23.8. The number of hydrogen-bond donors (Lipinski definition) is 0. The van der Waals surface area contributed by atoms with Crippen LogP contribution in [0.2, 0.25) is 0 Å². The van der Waals surface area contributed by atoms with Gasteiger partial charge >= 0.3 is 0 Å². The zero-order valence-corrected chi connectivity index (χ0v) is 25.8. The van der Waals surface area contributed by atoms with Gasteiger partial charge < -0.3 is 4.57 Å². The van der Waals surface area contributed by atoms with Crippen LogP contribution >= 0.6 is 0 Å². The van der Waals surface area contributed by atoms with E-state index in [4.69, 9.17) is 15.0 Å². The van der Waals surface area contributed by atoms with Crippen molar-refractivity contribution in [1.82, 2.24) is 24.1 Å². The number of hydrogen-bond acceptors (Lipinski definition) is 3. The van der Waals surface area contributed by atoms with Crippen molar-refractivity contribution in [3.8, 4) is 34.4 Å². The number of rotatable bonds is 4. The largest absolute Gasteiger partial charge is 0.307 e. The smallest absolute Gasteiger partial charge is 0.238 e. The topological polar surface area (TPSA) is 48.5 Å². The van der Waals surface area contributed by atoms with Gasteiger partial charge in [-0.05, 0) is 23.6 Å². The SMILES string of the molecule is c1ccc(-c2nc(-c3ccccc3)nc(-n3c4c5ccccc5ccc4c4ccc5c6ccccc6n(-c6ccccc6)c5c43)n2)cc1. The van der Waals surface area contributed by atoms with Crippen molar-refractivity contribution in [2.45, 2.75) is 0 Å². The summed E-state index contributed by atoms with van der Waals surface area (Å²) in [7, 11) is 0. The highest BCUT2D eigenvalue weighted by Crippen LogP contribution is 2.43. The summed E-state index contributed by atoms with van der Waals surface area (Å²) >= 11 is 0. The molecule has 0 fully saturated rings. The Balaban J connectivity index is 1.45. The zero-order valence-electron chi connectivity index (χ0n) is 25.8. The molecule has 224 valence electrons. The molecule has 10 rings (SSSR count). The van der Waals surface area contributed by atoms with Gasteiger partial charge in [-0.2, -0.15) is 9.97 Å². The van der Waals surface area contributed by atoms with E-state index >= 15 is 0 Å². The summed E-state index contributed by atoms with van der Waals surface area (Å²) in [5.41, 5.74) is 7.37. The standard InChI is InChI=1S/C43H27N5/c1-4-15-29(16-5-1)41-44-42(30-17-6-2-7-18-30)46-43(45-41)48-38-32-21-11-10-14-28(32)24-25-35(38)36-27-26-34-33-22-12-13-23-37(33)47(39(34)40(36)48)31-19-8-3-9-20-31/h1-27H. The minimum atomic E-state index is 0.580. The molecule has 3 aromatic heterocycles. The third-order valence-corrected chi connectivity index (χ3v) is 9.35. The van der Waals surface area contributed by atoms with E-state index in [1.54, 1.807) is 0 Å². The molecule has 0 aliphatic rings. The molecule has 0 atom stereocenters. The normalized spacial score (nSPS) is 11.8. The second-order valence-corrected chi connectivity index (χ2v) is 12.1. The van der Waals surface area contributed by atoms with Crippen molar-refractivity contribution in [3.63, 3.8) is 0 Å². The maximum absolute atomic E-state index is 5.27. The second kappa shape index (κ2) is 10.5. The van der Waals surface area contributed by atoms with E-state index in [-0.39, 0.29) is 0 Å². The van der Waals surface area contributed by atoms with E-state index in [1.165, 1.54) is 10.8 Å². The molecule has 0 saturated carbocycles. The van der Waals surface area contributed by atoms with Crippen LogP contribution in [0.4, 0.5) is 0 Å². The molecule has 0 N–H and O–H groups in total. The maximum atomic E-state index is 5.27. The lowest BCUT2D eigenvalue weighted by atomic mass is 10.0. The van der Waals surface area contributed by atoms with E-state index in [2.05, 4.69) is 137 Å². The zero-order chi connectivity index (χ0) is 31.6. The Labute approximate surface area is 276 Å². The van der Waals surface area contributed by atoms with E-state index in [0.29, 0.717) is 17.6 Å². The van der Waals surface area contributed by atoms with Gasteiger partial charge in [-0.1, -0.05) is 146 Å². The Morgan fingerprint density at radius 3 is 1.52 bits per heavy atom. The van der Waals surface area contributed by atoms with Gasteiger partial charge in [0.15, 0.2) is 11.6 Å². The molecule has 10 aromatic rings. The van der Waals surface area contributed by atoms with Crippen LogP contribution in [-0.2, 0) is 0 Å². The summed E-state index contributed by atoms with van der Waals surface area (Å²) in [5, 5.41) is 6.98. The third kappa shape index (κ3) is 3.94. The summed E-state index contributed by atoms with van der Waals surface area (Å²) in [6, 6.07) is 57.2. The van der Waals surface area contributed by atoms with Gasteiger partial charge in [0.25, 0.3) is 0 Å². The van der Waals surface area contributed by atoms with Gasteiger partial charge in [0.05, 0.1) is 22.1 Å². The monoisotopic (exact) mass is 613 g/mol. The van der Waals surface area contributed by atoms with E-state index < -0.39 is 0 Å². The van der Waals surface area contributed by atoms with Crippen molar-refractivity contribution in [2.75, 3.05) is 0 Å². The summed E-state index contributed by atoms with van der Waals surface area (Å²) in [4.78, 5) is 15.6. The van der Waals surface area contributed by atoms with Gasteiger partial charge in [0, 0.05) is 43.7 Å². The Bertz CT molecular complexity index is 2760. The fraction of sp³-hybridized carbons (Fsp3) is 0. The molecule has 5 nitrogen and oxygen atoms in total. The van der Waals surface area contributed by atoms with Crippen molar-refractivity contribution in [1.29, 1.82) is 0 Å². The lowest BCUT2D eigenvalue weighted by Crippen LogP contribution is -2.07. The Hall–Kier alpha value is -6.59. The fourth-order valence-corrected chi connectivity index (χ4v) is 7.25. The van der Waals surface area contributed by atoms with Gasteiger partial charge in [-0.25, -0.2) is 4.98 Å². The summed E-state index contributed by atoms with van der Waals surface area (Å²) < 4.78 is 4.68. The molecule has 7 aromatic carbocycles. The molecule has 0 saturated heterocycles. The molecule has 5 heteroatoms. The quantitative estimate of drug-likeness (QED) is 0.198. The van der Waals surface area contributed by atoms with Crippen molar-refractivity contribution >= 4 is 54.4 Å². The minimum Gasteiger partial charge on any atom is -0.307 e. The van der Waals surface area contributed by atoms with Gasteiger partial charge in [0.2, 0.25) is 5.95 Å². The fourth-order valence-electron chi connectivity index (χ4n) is 7.25. The summed E-state index contributed by atoms with van der Waals surface area (Å²) in [5.74, 6) is 1.84. The minimum absolute atomic E-state index is 0.580. The predicted molar refractivity (Wildman–Crippen MR) is 197 cm³/mol. The van der Waals surface area contributed by atoms with Crippen molar-refractivity contribution in [3.05, 3.63) is 164 Å². The molecule has 48 heavy (non-hydrogen) atoms. The number of benzene rings is 7. The average Bonchev–Trinajstić information content (AvgIpc) is 3.69. The number of nitrogens with zero attached hydrogens (tertiary/aromatic N) is 5. The molecule has 0 aliphatic carbocycles. The molecular formula is C43H27N5. The number of para-hydroxylation sites is 2. The predicted octanol–water partition coefficient (Wildman–Crippen LogP) is 10.6. The Kier molecular flexibility index (Phi) is 5.81. The first kappa shape index (κ1) is 26.6. The molecule has 0 unspecified atom stereocenters. The summed E-state index contributed by atoms with van der Waals surface area (Å²) in [6.45, 7) is 0.